The van der Waals surface area contributed by atoms with Crippen molar-refractivity contribution in [2.45, 2.75) is 26.4 Å². The summed E-state index contributed by atoms with van der Waals surface area (Å²) in [5.41, 5.74) is 4.20. The van der Waals surface area contributed by atoms with Gasteiger partial charge in [-0.3, -0.25) is 9.36 Å². The molecule has 216 valence electrons. The highest BCUT2D eigenvalue weighted by Crippen LogP contribution is 2.38. The molecule has 0 bridgehead atoms. The topological polar surface area (TPSA) is 84.1 Å². The van der Waals surface area contributed by atoms with Crippen LogP contribution in [0.3, 0.4) is 0 Å². The maximum absolute atomic E-state index is 14.2. The molecule has 43 heavy (non-hydrogen) atoms. The lowest BCUT2D eigenvalue weighted by molar-refractivity contribution is -0.139. The number of carbonyl (C=O) groups excluding carboxylic acids is 1. The smallest absolute Gasteiger partial charge is 0.338 e. The average Bonchev–Trinajstić information content (AvgIpc) is 3.69. The van der Waals surface area contributed by atoms with Gasteiger partial charge in [0.15, 0.2) is 16.3 Å². The van der Waals surface area contributed by atoms with Gasteiger partial charge in [-0.1, -0.05) is 65.4 Å². The molecule has 0 radical (unpaired) electrons. The summed E-state index contributed by atoms with van der Waals surface area (Å²) < 4.78 is 20.7. The van der Waals surface area contributed by atoms with Crippen LogP contribution in [-0.4, -0.2) is 28.5 Å². The van der Waals surface area contributed by atoms with Crippen LogP contribution in [0.4, 0.5) is 0 Å². The Morgan fingerprint density at radius 2 is 1.91 bits per heavy atom. The molecule has 0 aliphatic carbocycles. The van der Waals surface area contributed by atoms with Crippen LogP contribution in [0.5, 0.6) is 11.5 Å². The fourth-order valence-electron chi connectivity index (χ4n) is 5.66. The molecule has 0 spiro atoms. The number of hydrogen-bond acceptors (Lipinski definition) is 7. The number of ether oxygens (including phenoxy) is 3. The zero-order chi connectivity index (χ0) is 29.7. The summed E-state index contributed by atoms with van der Waals surface area (Å²) in [5.74, 6) is 0.662. The lowest BCUT2D eigenvalue weighted by atomic mass is 9.95. The van der Waals surface area contributed by atoms with Crippen LogP contribution in [0.25, 0.3) is 17.0 Å². The van der Waals surface area contributed by atoms with E-state index in [0.29, 0.717) is 49.2 Å². The fraction of sp³-hybridized carbons (Fsp3) is 0.182. The number of thiazole rings is 1. The number of rotatable bonds is 6. The van der Waals surface area contributed by atoms with E-state index in [2.05, 4.69) is 10.6 Å². The highest BCUT2D eigenvalue weighted by atomic mass is 35.5. The second kappa shape index (κ2) is 10.9. The van der Waals surface area contributed by atoms with Gasteiger partial charge in [-0.05, 0) is 55.3 Å². The second-order valence-corrected chi connectivity index (χ2v) is 11.7. The van der Waals surface area contributed by atoms with Crippen molar-refractivity contribution in [3.63, 3.8) is 0 Å². The number of benzene rings is 3. The predicted octanol–water partition coefficient (Wildman–Crippen LogP) is 5.18. The molecule has 0 fully saturated rings. The van der Waals surface area contributed by atoms with E-state index in [-0.39, 0.29) is 19.0 Å². The lowest BCUT2D eigenvalue weighted by Gasteiger charge is -2.24. The van der Waals surface area contributed by atoms with E-state index in [1.54, 1.807) is 24.5 Å². The van der Waals surface area contributed by atoms with Gasteiger partial charge in [0, 0.05) is 34.2 Å². The Hall–Kier alpha value is -4.60. The molecule has 0 saturated carbocycles. The number of allylic oxidation sites excluding steroid dienone is 1. The Morgan fingerprint density at radius 1 is 1.12 bits per heavy atom. The van der Waals surface area contributed by atoms with Gasteiger partial charge in [-0.25, -0.2) is 9.79 Å². The van der Waals surface area contributed by atoms with Crippen LogP contribution in [0.1, 0.15) is 36.6 Å². The molecule has 2 aliphatic rings. The van der Waals surface area contributed by atoms with Crippen molar-refractivity contribution in [1.29, 1.82) is 0 Å². The molecule has 0 N–H and O–H groups in total. The van der Waals surface area contributed by atoms with Gasteiger partial charge >= 0.3 is 5.97 Å². The molecular weight excluding hydrogens is 586 g/mol. The standard InChI is InChI=1S/C33H26ClN3O5S/c1-3-40-32(39)29-19(2)35-33-37(30(29)20-12-13-26-27(14-20)42-18-41-26)31(38)28(43-33)15-22-17-36(25-11-7-5-9-23(22)25)16-21-8-4-6-10-24(21)34/h4-15,17,30H,3,16,18H2,1-2H3/b28-15-. The highest BCUT2D eigenvalue weighted by molar-refractivity contribution is 7.07. The normalized spacial score (nSPS) is 16.0. The minimum Gasteiger partial charge on any atom is -0.463 e. The van der Waals surface area contributed by atoms with E-state index < -0.39 is 12.0 Å². The molecule has 2 aliphatic heterocycles. The predicted molar refractivity (Wildman–Crippen MR) is 165 cm³/mol. The number of hydrogen-bond donors (Lipinski definition) is 0. The van der Waals surface area contributed by atoms with E-state index >= 15 is 0 Å². The molecule has 2 aromatic heterocycles. The van der Waals surface area contributed by atoms with Crippen molar-refractivity contribution in [1.82, 2.24) is 9.13 Å². The van der Waals surface area contributed by atoms with Gasteiger partial charge in [0.1, 0.15) is 0 Å². The summed E-state index contributed by atoms with van der Waals surface area (Å²) in [6.45, 7) is 4.42. The van der Waals surface area contributed by atoms with Crippen molar-refractivity contribution < 1.29 is 19.0 Å². The highest BCUT2D eigenvalue weighted by Gasteiger charge is 2.34. The number of nitrogens with zero attached hydrogens (tertiary/aromatic N) is 3. The van der Waals surface area contributed by atoms with Crippen LogP contribution in [0.15, 0.2) is 94.0 Å². The van der Waals surface area contributed by atoms with E-state index in [4.69, 9.17) is 30.8 Å². The molecule has 10 heteroatoms. The van der Waals surface area contributed by atoms with Crippen LogP contribution >= 0.6 is 22.9 Å². The lowest BCUT2D eigenvalue weighted by Crippen LogP contribution is -2.39. The van der Waals surface area contributed by atoms with Gasteiger partial charge < -0.3 is 18.8 Å². The first-order chi connectivity index (χ1) is 20.9. The molecule has 7 rings (SSSR count). The van der Waals surface area contributed by atoms with Crippen molar-refractivity contribution in [3.8, 4) is 11.5 Å². The third-order valence-electron chi connectivity index (χ3n) is 7.63. The van der Waals surface area contributed by atoms with Crippen molar-refractivity contribution >= 4 is 45.9 Å². The van der Waals surface area contributed by atoms with E-state index in [9.17, 15) is 9.59 Å². The molecule has 3 aromatic carbocycles. The van der Waals surface area contributed by atoms with Gasteiger partial charge in [0.25, 0.3) is 5.56 Å². The zero-order valence-corrected chi connectivity index (χ0v) is 24.9. The summed E-state index contributed by atoms with van der Waals surface area (Å²) in [6, 6.07) is 20.5. The third-order valence-corrected chi connectivity index (χ3v) is 8.99. The quantitative estimate of drug-likeness (QED) is 0.247. The first-order valence-corrected chi connectivity index (χ1v) is 15.0. The maximum Gasteiger partial charge on any atom is 0.338 e. The van der Waals surface area contributed by atoms with Gasteiger partial charge in [-0.15, -0.1) is 0 Å². The Balaban J connectivity index is 1.39. The van der Waals surface area contributed by atoms with Gasteiger partial charge in [0.05, 0.1) is 28.5 Å². The summed E-state index contributed by atoms with van der Waals surface area (Å²) in [4.78, 5) is 32.6. The molecule has 5 aromatic rings. The minimum absolute atomic E-state index is 0.116. The molecule has 1 atom stereocenters. The molecule has 1 unspecified atom stereocenters. The number of aromatic nitrogens is 2. The largest absolute Gasteiger partial charge is 0.463 e. The zero-order valence-electron chi connectivity index (χ0n) is 23.4. The van der Waals surface area contributed by atoms with E-state index in [1.807, 2.05) is 66.9 Å². The molecule has 4 heterocycles. The number of para-hydroxylation sites is 1. The first-order valence-electron chi connectivity index (χ1n) is 13.8. The Labute approximate surface area is 255 Å². The van der Waals surface area contributed by atoms with Crippen LogP contribution in [-0.2, 0) is 16.1 Å². The van der Waals surface area contributed by atoms with Crippen molar-refractivity contribution in [2.75, 3.05) is 13.4 Å². The average molecular weight is 612 g/mol. The number of halogens is 1. The number of esters is 1. The summed E-state index contributed by atoms with van der Waals surface area (Å²) in [6.07, 6.45) is 3.94. The third kappa shape index (κ3) is 4.74. The fourth-order valence-corrected chi connectivity index (χ4v) is 6.90. The summed E-state index contributed by atoms with van der Waals surface area (Å²) in [5, 5.41) is 1.71. The van der Waals surface area contributed by atoms with E-state index in [1.165, 1.54) is 11.3 Å². The summed E-state index contributed by atoms with van der Waals surface area (Å²) >= 11 is 7.77. The Bertz CT molecular complexity index is 2140. The number of fused-ring (bicyclic) bond motifs is 3. The SMILES string of the molecule is CCOC(=O)C1=C(C)N=c2s/c(=C\c3cn(Cc4ccccc4Cl)c4ccccc34)c(=O)n2C1c1ccc2c(c1)OCO2. The van der Waals surface area contributed by atoms with Crippen LogP contribution in [0, 0.1) is 0 Å². The first kappa shape index (κ1) is 27.2. The Morgan fingerprint density at radius 3 is 2.74 bits per heavy atom. The monoisotopic (exact) mass is 611 g/mol. The Kier molecular flexibility index (Phi) is 6.91. The maximum atomic E-state index is 14.2. The minimum atomic E-state index is -0.742. The molecule has 0 amide bonds. The van der Waals surface area contributed by atoms with Crippen molar-refractivity contribution in [2.24, 2.45) is 4.99 Å². The van der Waals surface area contributed by atoms with Crippen LogP contribution < -0.4 is 24.4 Å². The van der Waals surface area contributed by atoms with Gasteiger partial charge in [0.2, 0.25) is 6.79 Å². The second-order valence-electron chi connectivity index (χ2n) is 10.2. The van der Waals surface area contributed by atoms with E-state index in [0.717, 1.165) is 22.0 Å². The molecule has 0 saturated heterocycles. The van der Waals surface area contributed by atoms with Gasteiger partial charge in [-0.2, -0.15) is 0 Å². The van der Waals surface area contributed by atoms with Crippen LogP contribution in [0.2, 0.25) is 5.02 Å². The van der Waals surface area contributed by atoms with Crippen molar-refractivity contribution in [3.05, 3.63) is 126 Å². The number of carbonyl (C=O) groups is 1. The summed E-state index contributed by atoms with van der Waals surface area (Å²) in [7, 11) is 0. The molecule has 8 nitrogen and oxygen atoms in total. The molecular formula is C33H26ClN3O5S.